The van der Waals surface area contributed by atoms with E-state index in [1.54, 1.807) is 0 Å². The summed E-state index contributed by atoms with van der Waals surface area (Å²) in [5, 5.41) is 10.4. The van der Waals surface area contributed by atoms with Gasteiger partial charge >= 0.3 is 0 Å². The van der Waals surface area contributed by atoms with E-state index in [9.17, 15) is 5.11 Å². The van der Waals surface area contributed by atoms with E-state index in [-0.39, 0.29) is 11.0 Å². The van der Waals surface area contributed by atoms with Crippen LogP contribution in [0.1, 0.15) is 53.3 Å². The van der Waals surface area contributed by atoms with Crippen LogP contribution in [0.3, 0.4) is 0 Å². The summed E-state index contributed by atoms with van der Waals surface area (Å²) >= 11 is 0. The lowest BCUT2D eigenvalue weighted by Gasteiger charge is -2.40. The number of hydrogen-bond acceptors (Lipinski definition) is 3. The van der Waals surface area contributed by atoms with E-state index in [1.165, 1.54) is 24.1 Å². The highest BCUT2D eigenvalue weighted by Crippen LogP contribution is 2.25. The molecule has 0 aliphatic carbocycles. The molecule has 1 unspecified atom stereocenters. The number of aliphatic hydroxyl groups excluding tert-OH is 1. The third-order valence-electron chi connectivity index (χ3n) is 5.80. The Kier molecular flexibility index (Phi) is 16.4. The first kappa shape index (κ1) is 28.8. The Morgan fingerprint density at radius 1 is 0.720 bits per heavy atom. The summed E-state index contributed by atoms with van der Waals surface area (Å²) < 4.78 is 1.95. The first-order chi connectivity index (χ1) is 10.9. The fourth-order valence-corrected chi connectivity index (χ4v) is 2.80. The molecular weight excluding hydrogens is 316 g/mol. The molecule has 0 radical (unpaired) electrons. The Hall–Kier alpha value is -0.980. The molecule has 1 aromatic rings. The number of quaternary nitrogens is 2. The predicted molar refractivity (Wildman–Crippen MR) is 105 cm³/mol. The second-order valence-electron chi connectivity index (χ2n) is 6.52. The van der Waals surface area contributed by atoms with Gasteiger partial charge in [-0.15, -0.1) is 0 Å². The van der Waals surface area contributed by atoms with E-state index in [1.807, 2.05) is 30.3 Å². The van der Waals surface area contributed by atoms with Crippen molar-refractivity contribution >= 4 is 0 Å². The van der Waals surface area contributed by atoms with Crippen molar-refractivity contribution in [1.29, 1.82) is 0 Å². The molecule has 0 heterocycles. The standard InChI is InChI=1S/C13H22NO.C7H18N.2H2O/c1-4-14(5-2,6-3)13(15)12-10-8-7-9-11-12;1-5-8(4,6-2)7-3;;/h7-11,13,15H,4-6H2,1-3H3;5-7H2,1-4H3;2*1H2/q2*+1;;/p-2. The van der Waals surface area contributed by atoms with Gasteiger partial charge in [0.05, 0.1) is 46.3 Å². The quantitative estimate of drug-likeness (QED) is 0.568. The van der Waals surface area contributed by atoms with Crippen LogP contribution in [0.4, 0.5) is 0 Å². The number of aliphatic hydroxyl groups is 1. The maximum absolute atomic E-state index is 10.4. The van der Waals surface area contributed by atoms with Crippen molar-refractivity contribution < 1.29 is 25.0 Å². The number of rotatable bonds is 8. The number of nitrogens with zero attached hydrogens (tertiary/aromatic N) is 2. The van der Waals surface area contributed by atoms with Gasteiger partial charge in [0.15, 0.2) is 0 Å². The Bertz CT molecular complexity index is 388. The van der Waals surface area contributed by atoms with Crippen molar-refractivity contribution in [3.63, 3.8) is 0 Å². The third-order valence-corrected chi connectivity index (χ3v) is 5.80. The lowest BCUT2D eigenvalue weighted by atomic mass is 10.1. The van der Waals surface area contributed by atoms with Crippen LogP contribution in [0.15, 0.2) is 30.3 Å². The molecule has 0 aliphatic heterocycles. The smallest absolute Gasteiger partial charge is 0.217 e. The van der Waals surface area contributed by atoms with Crippen molar-refractivity contribution in [2.75, 3.05) is 46.3 Å². The fraction of sp³-hybridized carbons (Fsp3) is 0.700. The highest BCUT2D eigenvalue weighted by molar-refractivity contribution is 5.15. The summed E-state index contributed by atoms with van der Waals surface area (Å²) in [5.41, 5.74) is 1.02. The molecule has 0 aromatic heterocycles. The van der Waals surface area contributed by atoms with Crippen molar-refractivity contribution in [2.45, 2.75) is 47.8 Å². The summed E-state index contributed by atoms with van der Waals surface area (Å²) in [5.74, 6) is 0. The molecular formula is C20H42N2O3. The Morgan fingerprint density at radius 2 is 1.08 bits per heavy atom. The van der Waals surface area contributed by atoms with Gasteiger partial charge in [-0.05, 0) is 41.5 Å². The van der Waals surface area contributed by atoms with E-state index in [2.05, 4.69) is 48.6 Å². The van der Waals surface area contributed by atoms with Gasteiger partial charge in [-0.3, -0.25) is 4.48 Å². The van der Waals surface area contributed by atoms with Crippen LogP contribution in [0.2, 0.25) is 0 Å². The van der Waals surface area contributed by atoms with Gasteiger partial charge in [0.25, 0.3) is 0 Å². The first-order valence-corrected chi connectivity index (χ1v) is 9.30. The molecule has 1 atom stereocenters. The van der Waals surface area contributed by atoms with Crippen molar-refractivity contribution in [3.05, 3.63) is 35.9 Å². The predicted octanol–water partition coefficient (Wildman–Crippen LogP) is 3.69. The second kappa shape index (κ2) is 14.2. The molecule has 0 saturated heterocycles. The molecule has 1 rings (SSSR count). The zero-order chi connectivity index (χ0) is 17.9. The minimum atomic E-state index is -0.397. The molecule has 25 heavy (non-hydrogen) atoms. The molecule has 0 saturated carbocycles. The van der Waals surface area contributed by atoms with Crippen LogP contribution in [0, 0.1) is 0 Å². The summed E-state index contributed by atoms with van der Waals surface area (Å²) in [6.45, 7) is 19.8. The average molecular weight is 359 g/mol. The van der Waals surface area contributed by atoms with Crippen molar-refractivity contribution in [3.8, 4) is 0 Å². The Labute approximate surface area is 155 Å². The fourth-order valence-electron chi connectivity index (χ4n) is 2.80. The lowest BCUT2D eigenvalue weighted by Crippen LogP contribution is -2.50. The van der Waals surface area contributed by atoms with E-state index in [4.69, 9.17) is 0 Å². The number of hydrogen-bond donors (Lipinski definition) is 1. The summed E-state index contributed by atoms with van der Waals surface area (Å²) in [6.07, 6.45) is -0.397. The molecule has 3 N–H and O–H groups in total. The minimum absolute atomic E-state index is 0. The third kappa shape index (κ3) is 8.29. The van der Waals surface area contributed by atoms with Crippen LogP contribution < -0.4 is 0 Å². The van der Waals surface area contributed by atoms with Gasteiger partial charge in [-0.25, -0.2) is 0 Å². The molecule has 0 amide bonds. The van der Waals surface area contributed by atoms with Gasteiger partial charge in [-0.2, -0.15) is 0 Å². The minimum Gasteiger partial charge on any atom is -0.870 e. The highest BCUT2D eigenvalue weighted by Gasteiger charge is 2.31. The molecule has 0 spiro atoms. The normalized spacial score (nSPS) is 12.2. The largest absolute Gasteiger partial charge is 0.870 e. The molecule has 150 valence electrons. The monoisotopic (exact) mass is 358 g/mol. The van der Waals surface area contributed by atoms with Gasteiger partial charge in [0, 0.05) is 5.56 Å². The van der Waals surface area contributed by atoms with Crippen LogP contribution in [-0.4, -0.2) is 71.3 Å². The molecule has 0 aliphatic rings. The van der Waals surface area contributed by atoms with Gasteiger partial charge < -0.3 is 20.5 Å². The lowest BCUT2D eigenvalue weighted by molar-refractivity contribution is -0.973. The van der Waals surface area contributed by atoms with Crippen molar-refractivity contribution in [1.82, 2.24) is 0 Å². The van der Waals surface area contributed by atoms with E-state index < -0.39 is 6.23 Å². The van der Waals surface area contributed by atoms with Crippen LogP contribution in [0.5, 0.6) is 0 Å². The molecule has 5 heteroatoms. The zero-order valence-electron chi connectivity index (χ0n) is 17.4. The Morgan fingerprint density at radius 3 is 1.32 bits per heavy atom. The second-order valence-corrected chi connectivity index (χ2v) is 6.52. The molecule has 0 bridgehead atoms. The topological polar surface area (TPSA) is 80.2 Å². The van der Waals surface area contributed by atoms with Gasteiger partial charge in [0.2, 0.25) is 6.23 Å². The van der Waals surface area contributed by atoms with Gasteiger partial charge in [-0.1, -0.05) is 30.3 Å². The van der Waals surface area contributed by atoms with Crippen LogP contribution in [0.25, 0.3) is 0 Å². The molecule has 5 nitrogen and oxygen atoms in total. The van der Waals surface area contributed by atoms with Crippen LogP contribution in [-0.2, 0) is 0 Å². The average Bonchev–Trinajstić information content (AvgIpc) is 2.64. The van der Waals surface area contributed by atoms with Crippen LogP contribution >= 0.6 is 0 Å². The van der Waals surface area contributed by atoms with Gasteiger partial charge in [0.1, 0.15) is 0 Å². The summed E-state index contributed by atoms with van der Waals surface area (Å²) in [6, 6.07) is 9.94. The first-order valence-electron chi connectivity index (χ1n) is 9.30. The zero-order valence-corrected chi connectivity index (χ0v) is 17.4. The van der Waals surface area contributed by atoms with E-state index >= 15 is 0 Å². The van der Waals surface area contributed by atoms with Crippen molar-refractivity contribution in [2.24, 2.45) is 0 Å². The maximum Gasteiger partial charge on any atom is 0.217 e. The number of benzene rings is 1. The van der Waals surface area contributed by atoms with E-state index in [0.717, 1.165) is 29.7 Å². The summed E-state index contributed by atoms with van der Waals surface area (Å²) in [4.78, 5) is 0. The summed E-state index contributed by atoms with van der Waals surface area (Å²) in [7, 11) is 2.29. The van der Waals surface area contributed by atoms with E-state index in [0.29, 0.717) is 0 Å². The molecule has 0 fully saturated rings. The SMILES string of the molecule is CC[N+](C)(CC)CC.CC[N+](CC)(CC)C(O)c1ccccc1.[OH-].[OH-]. The Balaban J connectivity index is -0.000000421. The molecule has 1 aromatic carbocycles. The highest BCUT2D eigenvalue weighted by atomic mass is 16.3. The maximum atomic E-state index is 10.4.